The Labute approximate surface area is 89.0 Å². The van der Waals surface area contributed by atoms with E-state index in [2.05, 4.69) is 26.2 Å². The Hall–Kier alpha value is -0.573. The molecule has 0 fully saturated rings. The van der Waals surface area contributed by atoms with E-state index in [0.717, 1.165) is 11.6 Å². The fraction of sp³-hybridized carbons (Fsp3) is 0.727. The van der Waals surface area contributed by atoms with Crippen molar-refractivity contribution in [2.24, 2.45) is 5.92 Å². The molecule has 0 saturated carbocycles. The van der Waals surface area contributed by atoms with Crippen molar-refractivity contribution in [3.63, 3.8) is 0 Å². The molecule has 0 aromatic carbocycles. The van der Waals surface area contributed by atoms with Gasteiger partial charge in [-0.3, -0.25) is 4.79 Å². The first kappa shape index (κ1) is 13.4. The maximum absolute atomic E-state index is 11.7. The van der Waals surface area contributed by atoms with E-state index < -0.39 is 8.07 Å². The molecule has 0 saturated heterocycles. The zero-order valence-electron chi connectivity index (χ0n) is 10.3. The van der Waals surface area contributed by atoms with Gasteiger partial charge in [-0.25, -0.2) is 0 Å². The van der Waals surface area contributed by atoms with E-state index in [1.54, 1.807) is 19.0 Å². The molecule has 0 aliphatic rings. The highest BCUT2D eigenvalue weighted by Crippen LogP contribution is 2.22. The Kier molecular flexibility index (Phi) is 4.58. The molecule has 0 N–H and O–H groups in total. The van der Waals surface area contributed by atoms with Crippen LogP contribution in [-0.2, 0) is 4.79 Å². The minimum Gasteiger partial charge on any atom is -0.348 e. The van der Waals surface area contributed by atoms with Gasteiger partial charge in [-0.2, -0.15) is 0 Å². The molecule has 0 aromatic heterocycles. The SMILES string of the molecule is C=C(C[Si](C)(C)C)C(C)C(=O)N(C)C. The number of amides is 1. The standard InChI is InChI=1S/C11H23NOSi/c1-9(8-14(5,6)7)10(2)11(13)12(3)4/h10H,1,8H2,2-7H3. The summed E-state index contributed by atoms with van der Waals surface area (Å²) < 4.78 is 0. The van der Waals surface area contributed by atoms with Crippen molar-refractivity contribution < 1.29 is 4.79 Å². The van der Waals surface area contributed by atoms with Gasteiger partial charge in [0.05, 0.1) is 5.92 Å². The zero-order valence-corrected chi connectivity index (χ0v) is 11.3. The van der Waals surface area contributed by atoms with Crippen LogP contribution < -0.4 is 0 Å². The van der Waals surface area contributed by atoms with Gasteiger partial charge in [0.1, 0.15) is 0 Å². The van der Waals surface area contributed by atoms with Gasteiger partial charge in [0.25, 0.3) is 0 Å². The topological polar surface area (TPSA) is 20.3 Å². The van der Waals surface area contributed by atoms with Crippen LogP contribution in [0.2, 0.25) is 25.7 Å². The van der Waals surface area contributed by atoms with Crippen LogP contribution in [0.4, 0.5) is 0 Å². The number of carbonyl (C=O) groups excluding carboxylic acids is 1. The summed E-state index contributed by atoms with van der Waals surface area (Å²) in [5.41, 5.74) is 1.09. The van der Waals surface area contributed by atoms with Crippen molar-refractivity contribution in [2.75, 3.05) is 14.1 Å². The van der Waals surface area contributed by atoms with Gasteiger partial charge >= 0.3 is 0 Å². The molecule has 0 aliphatic carbocycles. The van der Waals surface area contributed by atoms with Crippen molar-refractivity contribution in [3.8, 4) is 0 Å². The van der Waals surface area contributed by atoms with Crippen LogP contribution in [0.5, 0.6) is 0 Å². The van der Waals surface area contributed by atoms with Crippen LogP contribution in [0.3, 0.4) is 0 Å². The third-order valence-corrected chi connectivity index (χ3v) is 3.70. The first-order valence-corrected chi connectivity index (χ1v) is 8.74. The van der Waals surface area contributed by atoms with E-state index in [9.17, 15) is 4.79 Å². The molecule has 14 heavy (non-hydrogen) atoms. The van der Waals surface area contributed by atoms with Crippen LogP contribution in [0.25, 0.3) is 0 Å². The highest BCUT2D eigenvalue weighted by molar-refractivity contribution is 6.76. The molecular weight excluding hydrogens is 190 g/mol. The average Bonchev–Trinajstić information content (AvgIpc) is 1.98. The quantitative estimate of drug-likeness (QED) is 0.519. The lowest BCUT2D eigenvalue weighted by molar-refractivity contribution is -0.131. The van der Waals surface area contributed by atoms with E-state index in [1.807, 2.05) is 6.92 Å². The van der Waals surface area contributed by atoms with Crippen molar-refractivity contribution in [2.45, 2.75) is 32.6 Å². The molecule has 0 radical (unpaired) electrons. The highest BCUT2D eigenvalue weighted by Gasteiger charge is 2.22. The van der Waals surface area contributed by atoms with E-state index >= 15 is 0 Å². The van der Waals surface area contributed by atoms with Crippen LogP contribution in [0, 0.1) is 5.92 Å². The van der Waals surface area contributed by atoms with Crippen LogP contribution >= 0.6 is 0 Å². The second-order valence-corrected chi connectivity index (χ2v) is 10.8. The van der Waals surface area contributed by atoms with Crippen molar-refractivity contribution in [1.82, 2.24) is 4.90 Å². The predicted molar refractivity (Wildman–Crippen MR) is 65.2 cm³/mol. The third-order valence-electron chi connectivity index (χ3n) is 2.18. The summed E-state index contributed by atoms with van der Waals surface area (Å²) >= 11 is 0. The van der Waals surface area contributed by atoms with Crippen LogP contribution in [0.15, 0.2) is 12.2 Å². The lowest BCUT2D eigenvalue weighted by atomic mass is 10.0. The summed E-state index contributed by atoms with van der Waals surface area (Å²) in [6.45, 7) is 12.9. The number of hydrogen-bond acceptors (Lipinski definition) is 1. The summed E-state index contributed by atoms with van der Waals surface area (Å²) in [6, 6.07) is 1.04. The summed E-state index contributed by atoms with van der Waals surface area (Å²) in [5.74, 6) is 0.130. The summed E-state index contributed by atoms with van der Waals surface area (Å²) in [7, 11) is 2.45. The molecule has 82 valence electrons. The minimum absolute atomic E-state index is 0.0308. The molecule has 0 spiro atoms. The van der Waals surface area contributed by atoms with Gasteiger partial charge in [0, 0.05) is 22.2 Å². The summed E-state index contributed by atoms with van der Waals surface area (Å²) in [6.07, 6.45) is 0. The molecule has 1 atom stereocenters. The number of hydrogen-bond donors (Lipinski definition) is 0. The molecule has 0 aliphatic heterocycles. The fourth-order valence-corrected chi connectivity index (χ4v) is 3.06. The molecule has 0 rings (SSSR count). The van der Waals surface area contributed by atoms with Crippen molar-refractivity contribution in [3.05, 3.63) is 12.2 Å². The van der Waals surface area contributed by atoms with Gasteiger partial charge in [-0.05, 0) is 13.0 Å². The Bertz CT molecular complexity index is 228. The maximum Gasteiger partial charge on any atom is 0.228 e. The van der Waals surface area contributed by atoms with E-state index in [-0.39, 0.29) is 11.8 Å². The van der Waals surface area contributed by atoms with Crippen molar-refractivity contribution >= 4 is 14.0 Å². The lowest BCUT2D eigenvalue weighted by Gasteiger charge is -2.23. The summed E-state index contributed by atoms with van der Waals surface area (Å²) in [4.78, 5) is 13.3. The third kappa shape index (κ3) is 4.60. The Balaban J connectivity index is 4.34. The Morgan fingerprint density at radius 3 is 2.07 bits per heavy atom. The molecule has 3 heteroatoms. The lowest BCUT2D eigenvalue weighted by Crippen LogP contribution is -2.31. The second kappa shape index (κ2) is 4.78. The smallest absolute Gasteiger partial charge is 0.228 e. The molecule has 0 aromatic rings. The largest absolute Gasteiger partial charge is 0.348 e. The molecular formula is C11H23NOSi. The number of nitrogens with zero attached hydrogens (tertiary/aromatic N) is 1. The normalized spacial score (nSPS) is 13.6. The van der Waals surface area contributed by atoms with E-state index in [0.29, 0.717) is 0 Å². The molecule has 2 nitrogen and oxygen atoms in total. The minimum atomic E-state index is -1.13. The van der Waals surface area contributed by atoms with Crippen molar-refractivity contribution in [1.29, 1.82) is 0 Å². The number of carbonyl (C=O) groups is 1. The first-order chi connectivity index (χ1) is 6.15. The van der Waals surface area contributed by atoms with Crippen LogP contribution in [0.1, 0.15) is 6.92 Å². The van der Waals surface area contributed by atoms with Gasteiger partial charge in [0.2, 0.25) is 5.91 Å². The molecule has 1 amide bonds. The first-order valence-electron chi connectivity index (χ1n) is 5.04. The van der Waals surface area contributed by atoms with Gasteiger partial charge < -0.3 is 4.90 Å². The fourth-order valence-electron chi connectivity index (χ4n) is 1.40. The monoisotopic (exact) mass is 213 g/mol. The Morgan fingerprint density at radius 1 is 1.36 bits per heavy atom. The number of rotatable bonds is 4. The van der Waals surface area contributed by atoms with E-state index in [1.165, 1.54) is 0 Å². The maximum atomic E-state index is 11.7. The zero-order chi connectivity index (χ0) is 11.5. The van der Waals surface area contributed by atoms with Gasteiger partial charge in [-0.1, -0.05) is 31.8 Å². The Morgan fingerprint density at radius 2 is 1.79 bits per heavy atom. The van der Waals surface area contributed by atoms with Crippen LogP contribution in [-0.4, -0.2) is 33.0 Å². The molecule has 0 bridgehead atoms. The molecule has 1 unspecified atom stereocenters. The van der Waals surface area contributed by atoms with E-state index in [4.69, 9.17) is 0 Å². The van der Waals surface area contributed by atoms with Gasteiger partial charge in [0.15, 0.2) is 0 Å². The van der Waals surface area contributed by atoms with Gasteiger partial charge in [-0.15, -0.1) is 0 Å². The second-order valence-electron chi connectivity index (χ2n) is 5.35. The summed E-state index contributed by atoms with van der Waals surface area (Å²) in [5, 5.41) is 0. The highest BCUT2D eigenvalue weighted by atomic mass is 28.3. The predicted octanol–water partition coefficient (Wildman–Crippen LogP) is 2.61. The molecule has 0 heterocycles. The average molecular weight is 213 g/mol.